The van der Waals surface area contributed by atoms with Gasteiger partial charge in [0.05, 0.1) is 33.6 Å². The fourth-order valence-electron chi connectivity index (χ4n) is 11.8. The fraction of sp³-hybridized carbons (Fsp3) is 0.0645. The van der Waals surface area contributed by atoms with Crippen molar-refractivity contribution in [2.24, 2.45) is 0 Å². The summed E-state index contributed by atoms with van der Waals surface area (Å²) in [5.74, 6) is 0. The topological polar surface area (TPSA) is 32.3 Å². The van der Waals surface area contributed by atoms with E-state index in [1.54, 1.807) is 0 Å². The summed E-state index contributed by atoms with van der Waals surface area (Å²) in [5, 5.41) is 0. The van der Waals surface area contributed by atoms with Crippen LogP contribution in [0.15, 0.2) is 231 Å². The molecule has 1 aliphatic carbocycles. The zero-order valence-electron chi connectivity index (χ0n) is 36.7. The maximum atomic E-state index is 4.38. The van der Waals surface area contributed by atoms with Gasteiger partial charge in [0.1, 0.15) is 0 Å². The van der Waals surface area contributed by atoms with E-state index in [4.69, 9.17) is 0 Å². The molecule has 0 unspecified atom stereocenters. The van der Waals surface area contributed by atoms with E-state index in [-0.39, 0.29) is 0 Å². The van der Waals surface area contributed by atoms with Crippen molar-refractivity contribution in [1.82, 2.24) is 9.97 Å². The van der Waals surface area contributed by atoms with Crippen LogP contribution in [0.2, 0.25) is 0 Å². The molecule has 10 aromatic rings. The highest BCUT2D eigenvalue weighted by Crippen LogP contribution is 2.68. The van der Waals surface area contributed by atoms with Gasteiger partial charge < -0.3 is 9.80 Å². The van der Waals surface area contributed by atoms with Gasteiger partial charge in [-0.2, -0.15) is 0 Å². The van der Waals surface area contributed by atoms with Crippen molar-refractivity contribution < 1.29 is 0 Å². The molecule has 2 aromatic heterocycles. The lowest BCUT2D eigenvalue weighted by molar-refractivity contribution is 0.607. The number of nitrogens with zero attached hydrogens (tertiary/aromatic N) is 4. The van der Waals surface area contributed by atoms with Gasteiger partial charge in [0.25, 0.3) is 0 Å². The fourth-order valence-corrected chi connectivity index (χ4v) is 11.8. The molecule has 0 atom stereocenters. The van der Waals surface area contributed by atoms with Crippen molar-refractivity contribution in [3.8, 4) is 22.3 Å². The molecule has 0 bridgehead atoms. The third-order valence-corrected chi connectivity index (χ3v) is 14.4. The predicted octanol–water partition coefficient (Wildman–Crippen LogP) is 15.1. The van der Waals surface area contributed by atoms with Crippen molar-refractivity contribution in [3.63, 3.8) is 0 Å². The molecule has 2 aliphatic heterocycles. The SMILES string of the molecule is Cc1ccc2c(c1)C1(c3cc(C)ccc3N2c2cc(-c3ccncc3)cc(-c3ccncc3)c2)c2ccccc2C2(c3ccccc3N(c3ccccc3)c3ccccc32)c2ccccc21. The van der Waals surface area contributed by atoms with Crippen LogP contribution in [0.4, 0.5) is 34.1 Å². The molecule has 0 amide bonds. The number of aromatic nitrogens is 2. The van der Waals surface area contributed by atoms with Crippen LogP contribution in [-0.2, 0) is 10.8 Å². The molecule has 0 fully saturated rings. The van der Waals surface area contributed by atoms with E-state index in [1.165, 1.54) is 67.0 Å². The average Bonchev–Trinajstić information content (AvgIpc) is 3.38. The minimum absolute atomic E-state index is 0.639. The van der Waals surface area contributed by atoms with Crippen LogP contribution in [0, 0.1) is 13.8 Å². The zero-order valence-corrected chi connectivity index (χ0v) is 36.7. The molecule has 2 spiro atoms. The third kappa shape index (κ3) is 5.27. The van der Waals surface area contributed by atoms with Gasteiger partial charge in [-0.1, -0.05) is 139 Å². The molecular formula is C62H44N4. The highest BCUT2D eigenvalue weighted by Gasteiger charge is 2.59. The Kier molecular flexibility index (Phi) is 8.44. The summed E-state index contributed by atoms with van der Waals surface area (Å²) in [6.45, 7) is 4.48. The molecule has 66 heavy (non-hydrogen) atoms. The number of fused-ring (bicyclic) bond motifs is 14. The Balaban J connectivity index is 1.14. The summed E-state index contributed by atoms with van der Waals surface area (Å²) in [6, 6.07) is 77.4. The molecule has 0 N–H and O–H groups in total. The van der Waals surface area contributed by atoms with Gasteiger partial charge in [0, 0.05) is 36.2 Å². The summed E-state index contributed by atoms with van der Waals surface area (Å²) in [5.41, 5.74) is 22.7. The van der Waals surface area contributed by atoms with Crippen molar-refractivity contribution in [3.05, 3.63) is 287 Å². The molecule has 8 aromatic carbocycles. The van der Waals surface area contributed by atoms with E-state index in [0.29, 0.717) is 0 Å². The summed E-state index contributed by atoms with van der Waals surface area (Å²) in [4.78, 5) is 13.7. The lowest BCUT2D eigenvalue weighted by atomic mass is 9.49. The quantitative estimate of drug-likeness (QED) is 0.177. The van der Waals surface area contributed by atoms with Crippen molar-refractivity contribution in [2.45, 2.75) is 24.7 Å². The molecule has 0 radical (unpaired) electrons. The number of anilines is 6. The first kappa shape index (κ1) is 38.1. The van der Waals surface area contributed by atoms with E-state index in [9.17, 15) is 0 Å². The molecule has 312 valence electrons. The standard InChI is InChI=1S/C62H44N4/c1-41-24-26-59-55(36-41)62(56-37-42(2)25-27-60(56)66(59)48-39-45(43-28-32-63-33-29-43)38-46(40-48)44-30-34-64-35-31-44)51-18-8-6-16-49(51)61(50-17-7-9-19-52(50)62)53-20-10-12-22-57(53)65(47-14-4-3-5-15-47)58-23-13-11-21-54(58)61/h3-40H,1-2H3. The maximum Gasteiger partial charge on any atom is 0.0748 e. The zero-order chi connectivity index (χ0) is 44.0. The number of hydrogen-bond donors (Lipinski definition) is 0. The molecule has 4 heteroatoms. The first-order valence-corrected chi connectivity index (χ1v) is 22.8. The molecule has 0 saturated heterocycles. The van der Waals surface area contributed by atoms with Crippen LogP contribution < -0.4 is 9.80 Å². The van der Waals surface area contributed by atoms with Gasteiger partial charge in [-0.15, -0.1) is 0 Å². The normalized spacial score (nSPS) is 14.4. The molecular weight excluding hydrogens is 801 g/mol. The van der Waals surface area contributed by atoms with E-state index < -0.39 is 10.8 Å². The van der Waals surface area contributed by atoms with Crippen LogP contribution >= 0.6 is 0 Å². The summed E-state index contributed by atoms with van der Waals surface area (Å²) < 4.78 is 0. The van der Waals surface area contributed by atoms with Crippen LogP contribution in [0.1, 0.15) is 55.6 Å². The van der Waals surface area contributed by atoms with Gasteiger partial charge in [0.15, 0.2) is 0 Å². The van der Waals surface area contributed by atoms with Crippen molar-refractivity contribution in [2.75, 3.05) is 9.80 Å². The number of aryl methyl sites for hydroxylation is 2. The first-order chi connectivity index (χ1) is 32.6. The summed E-state index contributed by atoms with van der Waals surface area (Å²) >= 11 is 0. The predicted molar refractivity (Wildman–Crippen MR) is 269 cm³/mol. The Bertz CT molecular complexity index is 3310. The molecule has 4 heterocycles. The first-order valence-electron chi connectivity index (χ1n) is 22.8. The van der Waals surface area contributed by atoms with Crippen LogP contribution in [0.25, 0.3) is 22.3 Å². The minimum atomic E-state index is -0.686. The maximum absolute atomic E-state index is 4.38. The Morgan fingerprint density at radius 1 is 0.288 bits per heavy atom. The molecule has 3 aliphatic rings. The van der Waals surface area contributed by atoms with Gasteiger partial charge in [-0.05, 0) is 159 Å². The second kappa shape index (κ2) is 14.6. The average molecular weight is 845 g/mol. The highest BCUT2D eigenvalue weighted by atomic mass is 15.2. The Hall–Kier alpha value is -8.34. The van der Waals surface area contributed by atoms with Crippen LogP contribution in [0.5, 0.6) is 0 Å². The minimum Gasteiger partial charge on any atom is -0.310 e. The van der Waals surface area contributed by atoms with Gasteiger partial charge in [-0.3, -0.25) is 9.97 Å². The Morgan fingerprint density at radius 2 is 0.652 bits per heavy atom. The van der Waals surface area contributed by atoms with Crippen molar-refractivity contribution >= 4 is 34.1 Å². The van der Waals surface area contributed by atoms with E-state index in [2.05, 4.69) is 240 Å². The smallest absolute Gasteiger partial charge is 0.0748 e. The monoisotopic (exact) mass is 844 g/mol. The Labute approximate surface area is 385 Å². The third-order valence-electron chi connectivity index (χ3n) is 14.4. The lowest BCUT2D eigenvalue weighted by Crippen LogP contribution is -2.49. The van der Waals surface area contributed by atoms with Crippen molar-refractivity contribution in [1.29, 1.82) is 0 Å². The largest absolute Gasteiger partial charge is 0.310 e. The summed E-state index contributed by atoms with van der Waals surface area (Å²) in [6.07, 6.45) is 7.51. The number of hydrogen-bond acceptors (Lipinski definition) is 4. The second-order valence-electron chi connectivity index (χ2n) is 17.9. The van der Waals surface area contributed by atoms with E-state index in [1.807, 2.05) is 24.8 Å². The van der Waals surface area contributed by atoms with Crippen LogP contribution in [-0.4, -0.2) is 9.97 Å². The molecule has 4 nitrogen and oxygen atoms in total. The van der Waals surface area contributed by atoms with Crippen LogP contribution in [0.3, 0.4) is 0 Å². The summed E-state index contributed by atoms with van der Waals surface area (Å²) in [7, 11) is 0. The molecule has 0 saturated carbocycles. The number of rotatable bonds is 4. The second-order valence-corrected chi connectivity index (χ2v) is 17.9. The number of pyridine rings is 2. The van der Waals surface area contributed by atoms with E-state index in [0.717, 1.165) is 45.0 Å². The van der Waals surface area contributed by atoms with Gasteiger partial charge >= 0.3 is 0 Å². The van der Waals surface area contributed by atoms with E-state index >= 15 is 0 Å². The number of benzene rings is 8. The van der Waals surface area contributed by atoms with Gasteiger partial charge in [-0.25, -0.2) is 0 Å². The lowest BCUT2D eigenvalue weighted by Gasteiger charge is -2.56. The molecule has 13 rings (SSSR count). The number of para-hydroxylation sites is 3. The Morgan fingerprint density at radius 3 is 1.11 bits per heavy atom. The van der Waals surface area contributed by atoms with Gasteiger partial charge in [0.2, 0.25) is 0 Å². The highest BCUT2D eigenvalue weighted by molar-refractivity contribution is 5.96.